The van der Waals surface area contributed by atoms with Crippen LogP contribution in [0.1, 0.15) is 35.8 Å². The van der Waals surface area contributed by atoms with Crippen LogP contribution in [-0.2, 0) is 0 Å². The van der Waals surface area contributed by atoms with E-state index in [1.54, 1.807) is 19.1 Å². The fourth-order valence-electron chi connectivity index (χ4n) is 2.11. The van der Waals surface area contributed by atoms with Crippen molar-refractivity contribution < 1.29 is 14.6 Å². The second kappa shape index (κ2) is 7.57. The zero-order valence-electron chi connectivity index (χ0n) is 12.8. The Morgan fingerprint density at radius 1 is 1.30 bits per heavy atom. The van der Waals surface area contributed by atoms with Gasteiger partial charge in [0.25, 0.3) is 5.91 Å². The van der Waals surface area contributed by atoms with Gasteiger partial charge in [-0.2, -0.15) is 0 Å². The molecular formula is C17H17Cl2NO3. The van der Waals surface area contributed by atoms with Crippen LogP contribution in [-0.4, -0.2) is 17.6 Å². The van der Waals surface area contributed by atoms with Crippen molar-refractivity contribution in [3.63, 3.8) is 0 Å². The number of carbonyl (C=O) groups excluding carboxylic acids is 1. The largest absolute Gasteiger partial charge is 0.503 e. The number of nitrogens with one attached hydrogen (secondary N) is 1. The lowest BCUT2D eigenvalue weighted by atomic mass is 10.1. The van der Waals surface area contributed by atoms with E-state index in [0.717, 1.165) is 5.56 Å². The average molecular weight is 354 g/mol. The van der Waals surface area contributed by atoms with E-state index in [-0.39, 0.29) is 28.5 Å². The molecule has 23 heavy (non-hydrogen) atoms. The maximum Gasteiger partial charge on any atom is 0.251 e. The number of rotatable bonds is 5. The van der Waals surface area contributed by atoms with Crippen LogP contribution < -0.4 is 10.1 Å². The highest BCUT2D eigenvalue weighted by molar-refractivity contribution is 6.32. The highest BCUT2D eigenvalue weighted by Crippen LogP contribution is 2.35. The van der Waals surface area contributed by atoms with Gasteiger partial charge in [-0.15, -0.1) is 0 Å². The number of hydrogen-bond acceptors (Lipinski definition) is 3. The monoisotopic (exact) mass is 353 g/mol. The minimum absolute atomic E-state index is 0.0662. The van der Waals surface area contributed by atoms with E-state index in [4.69, 9.17) is 27.9 Å². The first-order chi connectivity index (χ1) is 10.9. The molecular weight excluding hydrogens is 337 g/mol. The average Bonchev–Trinajstić information content (AvgIpc) is 2.51. The van der Waals surface area contributed by atoms with E-state index in [1.807, 2.05) is 19.1 Å². The first kappa shape index (κ1) is 17.4. The zero-order chi connectivity index (χ0) is 17.0. The Bertz CT molecular complexity index is 719. The summed E-state index contributed by atoms with van der Waals surface area (Å²) in [5.74, 6) is -0.311. The van der Waals surface area contributed by atoms with Crippen LogP contribution in [0.2, 0.25) is 10.0 Å². The van der Waals surface area contributed by atoms with Crippen LogP contribution >= 0.6 is 23.2 Å². The van der Waals surface area contributed by atoms with Crippen molar-refractivity contribution >= 4 is 29.1 Å². The molecule has 2 N–H and O–H groups in total. The third-order valence-corrected chi connectivity index (χ3v) is 3.81. The highest BCUT2D eigenvalue weighted by atomic mass is 35.5. The van der Waals surface area contributed by atoms with Gasteiger partial charge in [0.1, 0.15) is 0 Å². The molecule has 0 fully saturated rings. The molecule has 0 bridgehead atoms. The van der Waals surface area contributed by atoms with Gasteiger partial charge in [0.15, 0.2) is 11.5 Å². The topological polar surface area (TPSA) is 58.6 Å². The summed E-state index contributed by atoms with van der Waals surface area (Å²) in [6, 6.07) is 9.90. The number of carbonyl (C=O) groups is 1. The number of phenolic OH excluding ortho intramolecular Hbond substituents is 1. The molecule has 1 atom stereocenters. The molecule has 0 aliphatic carbocycles. The fraction of sp³-hybridized carbons (Fsp3) is 0.235. The van der Waals surface area contributed by atoms with Crippen molar-refractivity contribution in [3.8, 4) is 11.5 Å². The number of phenols is 1. The van der Waals surface area contributed by atoms with Crippen LogP contribution in [0.25, 0.3) is 0 Å². The van der Waals surface area contributed by atoms with E-state index in [2.05, 4.69) is 5.32 Å². The molecule has 2 rings (SSSR count). The number of amides is 1. The SMILES string of the molecule is CCOc1cc(C(=O)NC(C)c2cccc(Cl)c2)cc(Cl)c1O. The summed E-state index contributed by atoms with van der Waals surface area (Å²) in [7, 11) is 0. The molecule has 2 aromatic rings. The third kappa shape index (κ3) is 4.30. The molecule has 0 spiro atoms. The molecule has 0 radical (unpaired) electrons. The Morgan fingerprint density at radius 3 is 2.70 bits per heavy atom. The van der Waals surface area contributed by atoms with E-state index in [1.165, 1.54) is 12.1 Å². The van der Waals surface area contributed by atoms with E-state index in [9.17, 15) is 9.90 Å². The predicted molar refractivity (Wildman–Crippen MR) is 91.6 cm³/mol. The normalized spacial score (nSPS) is 11.8. The Labute approximate surface area is 145 Å². The van der Waals surface area contributed by atoms with E-state index in [0.29, 0.717) is 17.2 Å². The lowest BCUT2D eigenvalue weighted by Crippen LogP contribution is -2.26. The maximum absolute atomic E-state index is 12.4. The first-order valence-electron chi connectivity index (χ1n) is 7.14. The standard InChI is InChI=1S/C17H17Cl2NO3/c1-3-23-15-9-12(8-14(19)16(15)21)17(22)20-10(2)11-5-4-6-13(18)7-11/h4-10,21H,3H2,1-2H3,(H,20,22). The molecule has 0 aromatic heterocycles. The molecule has 0 saturated carbocycles. The summed E-state index contributed by atoms with van der Waals surface area (Å²) in [5.41, 5.74) is 1.20. The molecule has 122 valence electrons. The Hall–Kier alpha value is -1.91. The van der Waals surface area contributed by atoms with Gasteiger partial charge in [-0.3, -0.25) is 4.79 Å². The minimum atomic E-state index is -0.319. The maximum atomic E-state index is 12.4. The summed E-state index contributed by atoms with van der Waals surface area (Å²) in [6.07, 6.45) is 0. The lowest BCUT2D eigenvalue weighted by Gasteiger charge is -2.16. The van der Waals surface area contributed by atoms with Gasteiger partial charge in [-0.25, -0.2) is 0 Å². The van der Waals surface area contributed by atoms with Crippen LogP contribution in [0.4, 0.5) is 0 Å². The number of ether oxygens (including phenoxy) is 1. The molecule has 1 unspecified atom stereocenters. The van der Waals surface area contributed by atoms with Crippen LogP contribution in [0.15, 0.2) is 36.4 Å². The minimum Gasteiger partial charge on any atom is -0.503 e. The van der Waals surface area contributed by atoms with Gasteiger partial charge < -0.3 is 15.2 Å². The molecule has 0 heterocycles. The molecule has 6 heteroatoms. The van der Waals surface area contributed by atoms with Gasteiger partial charge in [0.2, 0.25) is 0 Å². The van der Waals surface area contributed by atoms with Gasteiger partial charge in [-0.05, 0) is 43.7 Å². The number of benzene rings is 2. The fourth-order valence-corrected chi connectivity index (χ4v) is 2.52. The molecule has 1 amide bonds. The summed E-state index contributed by atoms with van der Waals surface area (Å²) in [5, 5.41) is 13.4. The van der Waals surface area contributed by atoms with Crippen molar-refractivity contribution in [1.29, 1.82) is 0 Å². The van der Waals surface area contributed by atoms with E-state index < -0.39 is 0 Å². The number of aromatic hydroxyl groups is 1. The lowest BCUT2D eigenvalue weighted by molar-refractivity contribution is 0.0939. The van der Waals surface area contributed by atoms with Crippen LogP contribution in [0, 0.1) is 0 Å². The van der Waals surface area contributed by atoms with Crippen LogP contribution in [0.5, 0.6) is 11.5 Å². The predicted octanol–water partition coefficient (Wildman–Crippen LogP) is 4.59. The van der Waals surface area contributed by atoms with Crippen LogP contribution in [0.3, 0.4) is 0 Å². The molecule has 2 aromatic carbocycles. The Balaban J connectivity index is 2.20. The molecule has 0 aliphatic rings. The van der Waals surface area contributed by atoms with Crippen molar-refractivity contribution in [2.24, 2.45) is 0 Å². The highest BCUT2D eigenvalue weighted by Gasteiger charge is 2.16. The number of halogens is 2. The smallest absolute Gasteiger partial charge is 0.251 e. The Kier molecular flexibility index (Phi) is 5.74. The van der Waals surface area contributed by atoms with Gasteiger partial charge in [0, 0.05) is 10.6 Å². The first-order valence-corrected chi connectivity index (χ1v) is 7.89. The quantitative estimate of drug-likeness (QED) is 0.826. The van der Waals surface area contributed by atoms with Crippen molar-refractivity contribution in [2.45, 2.75) is 19.9 Å². The van der Waals surface area contributed by atoms with E-state index >= 15 is 0 Å². The molecule has 0 saturated heterocycles. The summed E-state index contributed by atoms with van der Waals surface area (Å²) >= 11 is 11.9. The summed E-state index contributed by atoms with van der Waals surface area (Å²) in [4.78, 5) is 12.4. The summed E-state index contributed by atoms with van der Waals surface area (Å²) in [6.45, 7) is 3.99. The van der Waals surface area contributed by atoms with Gasteiger partial charge in [-0.1, -0.05) is 35.3 Å². The third-order valence-electron chi connectivity index (χ3n) is 3.29. The van der Waals surface area contributed by atoms with Gasteiger partial charge >= 0.3 is 0 Å². The van der Waals surface area contributed by atoms with Gasteiger partial charge in [0.05, 0.1) is 17.7 Å². The molecule has 0 aliphatic heterocycles. The van der Waals surface area contributed by atoms with Crippen molar-refractivity contribution in [3.05, 3.63) is 57.6 Å². The second-order valence-corrected chi connectivity index (χ2v) is 5.83. The second-order valence-electron chi connectivity index (χ2n) is 4.99. The number of hydrogen-bond donors (Lipinski definition) is 2. The molecule has 4 nitrogen and oxygen atoms in total. The summed E-state index contributed by atoms with van der Waals surface area (Å²) < 4.78 is 5.28. The van der Waals surface area contributed by atoms with Crippen molar-refractivity contribution in [1.82, 2.24) is 5.32 Å². The Morgan fingerprint density at radius 2 is 2.04 bits per heavy atom. The van der Waals surface area contributed by atoms with Crippen molar-refractivity contribution in [2.75, 3.05) is 6.61 Å². The zero-order valence-corrected chi connectivity index (χ0v) is 14.3.